The molecule has 1 aromatic heterocycles. The van der Waals surface area contributed by atoms with Gasteiger partial charge in [-0.25, -0.2) is 4.79 Å². The molecule has 2 aromatic carbocycles. The van der Waals surface area contributed by atoms with Gasteiger partial charge in [-0.05, 0) is 55.2 Å². The Bertz CT molecular complexity index is 907. The van der Waals surface area contributed by atoms with Crippen molar-refractivity contribution in [2.45, 2.75) is 20.8 Å². The lowest BCUT2D eigenvalue weighted by atomic mass is 9.95. The first kappa shape index (κ1) is 13.4. The summed E-state index contributed by atoms with van der Waals surface area (Å²) in [6.07, 6.45) is 0. The van der Waals surface area contributed by atoms with E-state index in [4.69, 9.17) is 10.2 Å². The van der Waals surface area contributed by atoms with Crippen LogP contribution in [-0.2, 0) is 0 Å². The Morgan fingerprint density at radius 3 is 2.33 bits per heavy atom. The van der Waals surface area contributed by atoms with Gasteiger partial charge in [-0.15, -0.1) is 0 Å². The third-order valence-corrected chi connectivity index (χ3v) is 3.97. The highest BCUT2D eigenvalue weighted by atomic mass is 16.4. The number of nitrogen functional groups attached to an aromatic ring is 1. The van der Waals surface area contributed by atoms with Gasteiger partial charge in [-0.1, -0.05) is 24.3 Å². The zero-order valence-electron chi connectivity index (χ0n) is 12.4. The van der Waals surface area contributed by atoms with E-state index in [-0.39, 0.29) is 5.69 Å². The molecule has 3 aromatic rings. The second-order valence-corrected chi connectivity index (χ2v) is 5.43. The Hall–Kier alpha value is -2.55. The summed E-state index contributed by atoms with van der Waals surface area (Å²) in [5, 5.41) is 0.879. The largest absolute Gasteiger partial charge is 0.421 e. The second-order valence-electron chi connectivity index (χ2n) is 5.43. The van der Waals surface area contributed by atoms with Crippen LogP contribution in [0.15, 0.2) is 45.6 Å². The summed E-state index contributed by atoms with van der Waals surface area (Å²) < 4.78 is 5.35. The first-order valence-corrected chi connectivity index (χ1v) is 6.88. The van der Waals surface area contributed by atoms with Gasteiger partial charge < -0.3 is 10.2 Å². The van der Waals surface area contributed by atoms with E-state index in [1.54, 1.807) is 0 Å². The highest BCUT2D eigenvalue weighted by Gasteiger charge is 2.16. The Labute approximate surface area is 123 Å². The average Bonchev–Trinajstić information content (AvgIpc) is 2.44. The minimum atomic E-state index is -0.482. The Morgan fingerprint density at radius 1 is 0.952 bits per heavy atom. The summed E-state index contributed by atoms with van der Waals surface area (Å²) in [6, 6.07) is 11.8. The number of hydrogen-bond donors (Lipinski definition) is 1. The molecule has 0 aliphatic heterocycles. The van der Waals surface area contributed by atoms with Gasteiger partial charge in [0.25, 0.3) is 0 Å². The minimum absolute atomic E-state index is 0.167. The van der Waals surface area contributed by atoms with Gasteiger partial charge in [0.05, 0.1) is 0 Å². The molecular weight excluding hydrogens is 262 g/mol. The molecule has 0 spiro atoms. The SMILES string of the molecule is Cc1cc2oc(=O)c(N)c(-c3ccccc3C)c2cc1C. The van der Waals surface area contributed by atoms with Crippen molar-refractivity contribution >= 4 is 16.7 Å². The predicted octanol–water partition coefficient (Wildman–Crippen LogP) is 3.97. The van der Waals surface area contributed by atoms with Crippen molar-refractivity contribution in [1.82, 2.24) is 0 Å². The van der Waals surface area contributed by atoms with Gasteiger partial charge in [-0.2, -0.15) is 0 Å². The molecule has 3 heteroatoms. The minimum Gasteiger partial charge on any atom is -0.421 e. The predicted molar refractivity (Wildman–Crippen MR) is 86.5 cm³/mol. The van der Waals surface area contributed by atoms with E-state index in [9.17, 15) is 4.79 Å². The van der Waals surface area contributed by atoms with Crippen molar-refractivity contribution in [2.24, 2.45) is 0 Å². The lowest BCUT2D eigenvalue weighted by molar-refractivity contribution is 0.564. The second kappa shape index (κ2) is 4.77. The van der Waals surface area contributed by atoms with E-state index in [0.717, 1.165) is 33.2 Å². The lowest BCUT2D eigenvalue weighted by Crippen LogP contribution is -2.09. The van der Waals surface area contributed by atoms with Crippen molar-refractivity contribution in [3.8, 4) is 11.1 Å². The van der Waals surface area contributed by atoms with Gasteiger partial charge in [0.15, 0.2) is 0 Å². The highest BCUT2D eigenvalue weighted by Crippen LogP contribution is 2.34. The summed E-state index contributed by atoms with van der Waals surface area (Å²) in [5.41, 5.74) is 11.3. The molecule has 1 heterocycles. The van der Waals surface area contributed by atoms with E-state index in [1.807, 2.05) is 57.2 Å². The van der Waals surface area contributed by atoms with E-state index < -0.39 is 5.63 Å². The molecule has 0 unspecified atom stereocenters. The Morgan fingerprint density at radius 2 is 1.62 bits per heavy atom. The summed E-state index contributed by atoms with van der Waals surface area (Å²) in [6.45, 7) is 6.05. The van der Waals surface area contributed by atoms with Crippen LogP contribution < -0.4 is 11.4 Å². The topological polar surface area (TPSA) is 56.2 Å². The number of fused-ring (bicyclic) bond motifs is 1. The molecule has 0 atom stereocenters. The highest BCUT2D eigenvalue weighted by molar-refractivity contribution is 6.00. The summed E-state index contributed by atoms with van der Waals surface area (Å²) in [7, 11) is 0. The van der Waals surface area contributed by atoms with Crippen LogP contribution in [0.5, 0.6) is 0 Å². The van der Waals surface area contributed by atoms with Crippen molar-refractivity contribution in [3.05, 3.63) is 63.5 Å². The molecule has 0 saturated carbocycles. The standard InChI is InChI=1S/C18H17NO2/c1-10-6-4-5-7-13(10)16-14-8-11(2)12(3)9-15(14)21-18(20)17(16)19/h4-9H,19H2,1-3H3. The molecule has 21 heavy (non-hydrogen) atoms. The number of nitrogens with two attached hydrogens (primary N) is 1. The molecule has 0 aliphatic carbocycles. The number of rotatable bonds is 1. The zero-order valence-corrected chi connectivity index (χ0v) is 12.4. The fourth-order valence-corrected chi connectivity index (χ4v) is 2.62. The monoisotopic (exact) mass is 279 g/mol. The molecule has 2 N–H and O–H groups in total. The zero-order chi connectivity index (χ0) is 15.1. The Balaban J connectivity index is 2.51. The van der Waals surface area contributed by atoms with Gasteiger partial charge in [0.2, 0.25) is 0 Å². The van der Waals surface area contributed by atoms with Crippen LogP contribution in [0.1, 0.15) is 16.7 Å². The first-order valence-electron chi connectivity index (χ1n) is 6.88. The summed E-state index contributed by atoms with van der Waals surface area (Å²) in [4.78, 5) is 12.0. The number of benzene rings is 2. The quantitative estimate of drug-likeness (QED) is 0.686. The van der Waals surface area contributed by atoms with Crippen LogP contribution in [0.4, 0.5) is 5.69 Å². The number of aryl methyl sites for hydroxylation is 3. The summed E-state index contributed by atoms with van der Waals surface area (Å²) in [5.74, 6) is 0. The molecule has 0 aliphatic rings. The lowest BCUT2D eigenvalue weighted by Gasteiger charge is -2.12. The van der Waals surface area contributed by atoms with Gasteiger partial charge in [0.1, 0.15) is 11.3 Å². The molecule has 0 amide bonds. The average molecular weight is 279 g/mol. The normalized spacial score (nSPS) is 11.0. The van der Waals surface area contributed by atoms with Gasteiger partial charge >= 0.3 is 5.63 Å². The van der Waals surface area contributed by atoms with E-state index in [2.05, 4.69) is 0 Å². The smallest absolute Gasteiger partial charge is 0.360 e. The van der Waals surface area contributed by atoms with E-state index in [0.29, 0.717) is 5.58 Å². The molecular formula is C18H17NO2. The van der Waals surface area contributed by atoms with Crippen LogP contribution in [0.2, 0.25) is 0 Å². The van der Waals surface area contributed by atoms with Crippen LogP contribution >= 0.6 is 0 Å². The van der Waals surface area contributed by atoms with Crippen molar-refractivity contribution < 1.29 is 4.42 Å². The third-order valence-electron chi connectivity index (χ3n) is 3.97. The molecule has 3 nitrogen and oxygen atoms in total. The fourth-order valence-electron chi connectivity index (χ4n) is 2.62. The van der Waals surface area contributed by atoms with Crippen LogP contribution in [0.25, 0.3) is 22.1 Å². The van der Waals surface area contributed by atoms with Gasteiger partial charge in [-0.3, -0.25) is 0 Å². The summed E-state index contributed by atoms with van der Waals surface area (Å²) >= 11 is 0. The van der Waals surface area contributed by atoms with Crippen LogP contribution in [0.3, 0.4) is 0 Å². The third kappa shape index (κ3) is 2.11. The maximum atomic E-state index is 12.0. The molecule has 0 bridgehead atoms. The van der Waals surface area contributed by atoms with E-state index >= 15 is 0 Å². The molecule has 0 fully saturated rings. The molecule has 3 rings (SSSR count). The molecule has 106 valence electrons. The Kier molecular flexibility index (Phi) is 3.05. The van der Waals surface area contributed by atoms with Crippen molar-refractivity contribution in [2.75, 3.05) is 5.73 Å². The number of hydrogen-bond acceptors (Lipinski definition) is 3. The molecule has 0 radical (unpaired) electrons. The van der Waals surface area contributed by atoms with Crippen molar-refractivity contribution in [1.29, 1.82) is 0 Å². The fraction of sp³-hybridized carbons (Fsp3) is 0.167. The van der Waals surface area contributed by atoms with E-state index in [1.165, 1.54) is 0 Å². The maximum absolute atomic E-state index is 12.0. The first-order chi connectivity index (χ1) is 9.99. The van der Waals surface area contributed by atoms with Gasteiger partial charge in [0, 0.05) is 10.9 Å². The maximum Gasteiger partial charge on any atom is 0.360 e. The molecule has 0 saturated heterocycles. The number of anilines is 1. The van der Waals surface area contributed by atoms with Crippen LogP contribution in [0, 0.1) is 20.8 Å². The van der Waals surface area contributed by atoms with Crippen LogP contribution in [-0.4, -0.2) is 0 Å². The van der Waals surface area contributed by atoms with Crippen molar-refractivity contribution in [3.63, 3.8) is 0 Å².